The first-order valence-corrected chi connectivity index (χ1v) is 14.6. The highest BCUT2D eigenvalue weighted by Gasteiger charge is 2.47. The number of nitrogens with two attached hydrogens (primary N) is 1. The van der Waals surface area contributed by atoms with Crippen LogP contribution in [0.25, 0.3) is 11.3 Å². The van der Waals surface area contributed by atoms with Crippen molar-refractivity contribution in [1.29, 1.82) is 0 Å². The van der Waals surface area contributed by atoms with Crippen LogP contribution in [0.4, 0.5) is 9.18 Å². The van der Waals surface area contributed by atoms with E-state index in [9.17, 15) is 14.0 Å². The number of nitrogens with zero attached hydrogens (tertiary/aromatic N) is 4. The monoisotopic (exact) mass is 543 g/mol. The molecule has 2 aliphatic heterocycles. The second-order valence-electron chi connectivity index (χ2n) is 11.9. The van der Waals surface area contributed by atoms with Gasteiger partial charge in [0, 0.05) is 43.9 Å². The van der Waals surface area contributed by atoms with Crippen LogP contribution in [-0.2, 0) is 6.54 Å². The van der Waals surface area contributed by atoms with Gasteiger partial charge in [0.05, 0.1) is 18.1 Å². The number of likely N-dealkylation sites (tertiary alicyclic amines) is 2. The Bertz CT molecular complexity index is 1400. The van der Waals surface area contributed by atoms with E-state index < -0.39 is 0 Å². The second-order valence-corrected chi connectivity index (χ2v) is 11.9. The van der Waals surface area contributed by atoms with E-state index in [4.69, 9.17) is 5.73 Å². The van der Waals surface area contributed by atoms with Crippen molar-refractivity contribution in [3.63, 3.8) is 0 Å². The summed E-state index contributed by atoms with van der Waals surface area (Å²) < 4.78 is 15.8. The van der Waals surface area contributed by atoms with E-state index in [1.54, 1.807) is 23.0 Å². The molecule has 7 nitrogen and oxygen atoms in total. The first-order chi connectivity index (χ1) is 19.4. The molecule has 1 aliphatic carbocycles. The van der Waals surface area contributed by atoms with Gasteiger partial charge in [-0.15, -0.1) is 0 Å². The van der Waals surface area contributed by atoms with Gasteiger partial charge in [-0.1, -0.05) is 55.3 Å². The van der Waals surface area contributed by atoms with Gasteiger partial charge in [-0.3, -0.25) is 9.36 Å². The Morgan fingerprint density at radius 2 is 1.82 bits per heavy atom. The highest BCUT2D eigenvalue weighted by atomic mass is 19.1. The smallest absolute Gasteiger partial charge is 0.320 e. The topological polar surface area (TPSA) is 84.5 Å². The third-order valence-electron chi connectivity index (χ3n) is 9.48. The van der Waals surface area contributed by atoms with Gasteiger partial charge in [-0.05, 0) is 61.1 Å². The number of rotatable bonds is 4. The quantitative estimate of drug-likeness (QED) is 0.489. The maximum Gasteiger partial charge on any atom is 0.320 e. The predicted octanol–water partition coefficient (Wildman–Crippen LogP) is 5.22. The fraction of sp³-hybridized carbons (Fsp3) is 0.469. The van der Waals surface area contributed by atoms with Gasteiger partial charge in [0.2, 0.25) is 0 Å². The van der Waals surface area contributed by atoms with E-state index in [0.717, 1.165) is 49.7 Å². The molecule has 2 amide bonds. The molecule has 3 atom stereocenters. The molecule has 2 aromatic carbocycles. The molecule has 40 heavy (non-hydrogen) atoms. The number of carbonyl (C=O) groups is 1. The number of amides is 2. The van der Waals surface area contributed by atoms with E-state index >= 15 is 0 Å². The van der Waals surface area contributed by atoms with Crippen molar-refractivity contribution < 1.29 is 9.18 Å². The van der Waals surface area contributed by atoms with Gasteiger partial charge in [-0.2, -0.15) is 0 Å². The lowest BCUT2D eigenvalue weighted by atomic mass is 9.69. The van der Waals surface area contributed by atoms with Crippen LogP contribution in [0.1, 0.15) is 56.6 Å². The Kier molecular flexibility index (Phi) is 7.45. The normalized spacial score (nSPS) is 24.4. The van der Waals surface area contributed by atoms with E-state index in [1.165, 1.54) is 12.1 Å². The minimum absolute atomic E-state index is 0.00794. The SMILES string of the molecule is N[C@@H]1CCN(C(=O)N2CC[C@@H](Cn3cnc(-c4ccccc4)cc3=O)C3(CCCC3)C2)[C@H](c2cccc(F)c2)C1. The maximum absolute atomic E-state index is 14.1. The minimum Gasteiger partial charge on any atom is -0.328 e. The van der Waals surface area contributed by atoms with Gasteiger partial charge in [0.15, 0.2) is 0 Å². The van der Waals surface area contributed by atoms with Gasteiger partial charge in [0.1, 0.15) is 5.82 Å². The molecule has 8 heteroatoms. The molecule has 0 bridgehead atoms. The van der Waals surface area contributed by atoms with Crippen molar-refractivity contribution in [2.24, 2.45) is 17.1 Å². The number of urea groups is 1. The summed E-state index contributed by atoms with van der Waals surface area (Å²) in [5, 5.41) is 0. The maximum atomic E-state index is 14.1. The molecule has 1 saturated carbocycles. The molecule has 3 heterocycles. The Morgan fingerprint density at radius 1 is 1.02 bits per heavy atom. The summed E-state index contributed by atoms with van der Waals surface area (Å²) in [6.45, 7) is 2.53. The molecule has 2 saturated heterocycles. The number of hydrogen-bond donors (Lipinski definition) is 1. The van der Waals surface area contributed by atoms with Crippen molar-refractivity contribution in [3.05, 3.63) is 88.7 Å². The lowest BCUT2D eigenvalue weighted by Crippen LogP contribution is -2.56. The standard InChI is InChI=1S/C32H38FN5O2/c33-26-10-6-9-24(17-26)29-18-27(34)12-16-38(29)31(40)36-15-11-25(32(21-36)13-4-5-14-32)20-37-22-35-28(19-30(37)39)23-7-2-1-3-8-23/h1-3,6-10,17,19,22,25,27,29H,4-5,11-16,18,20-21,34H2/t25-,27+,29-/m0/s1. The van der Waals surface area contributed by atoms with Gasteiger partial charge in [0.25, 0.3) is 5.56 Å². The van der Waals surface area contributed by atoms with Crippen molar-refractivity contribution >= 4 is 6.03 Å². The largest absolute Gasteiger partial charge is 0.328 e. The molecule has 1 spiro atoms. The Hall–Kier alpha value is -3.52. The van der Waals surface area contributed by atoms with Crippen LogP contribution in [0.2, 0.25) is 0 Å². The average Bonchev–Trinajstić information content (AvgIpc) is 3.44. The fourth-order valence-corrected chi connectivity index (χ4v) is 7.30. The average molecular weight is 544 g/mol. The molecule has 3 aromatic rings. The van der Waals surface area contributed by atoms with E-state index in [1.807, 2.05) is 46.2 Å². The molecule has 3 aliphatic rings. The van der Waals surface area contributed by atoms with Crippen LogP contribution in [-0.4, -0.2) is 51.1 Å². The molecule has 210 valence electrons. The number of halogens is 1. The molecule has 3 fully saturated rings. The second kappa shape index (κ2) is 11.2. The number of piperidine rings is 2. The molecule has 0 unspecified atom stereocenters. The van der Waals surface area contributed by atoms with Gasteiger partial charge >= 0.3 is 6.03 Å². The molecule has 2 N–H and O–H groups in total. The lowest BCUT2D eigenvalue weighted by Gasteiger charge is -2.49. The zero-order valence-corrected chi connectivity index (χ0v) is 22.9. The van der Waals surface area contributed by atoms with E-state index in [0.29, 0.717) is 44.2 Å². The first kappa shape index (κ1) is 26.7. The zero-order chi connectivity index (χ0) is 27.7. The van der Waals surface area contributed by atoms with Crippen LogP contribution in [0.5, 0.6) is 0 Å². The number of carbonyl (C=O) groups excluding carboxylic acids is 1. The predicted molar refractivity (Wildman–Crippen MR) is 153 cm³/mol. The molecule has 0 radical (unpaired) electrons. The Balaban J connectivity index is 1.20. The van der Waals surface area contributed by atoms with Crippen molar-refractivity contribution in [2.45, 2.75) is 63.6 Å². The molecular formula is C32H38FN5O2. The number of hydrogen-bond acceptors (Lipinski definition) is 4. The van der Waals surface area contributed by atoms with E-state index in [-0.39, 0.29) is 34.9 Å². The van der Waals surface area contributed by atoms with Crippen LogP contribution in [0, 0.1) is 17.2 Å². The van der Waals surface area contributed by atoms with E-state index in [2.05, 4.69) is 4.98 Å². The third-order valence-corrected chi connectivity index (χ3v) is 9.48. The minimum atomic E-state index is -0.295. The summed E-state index contributed by atoms with van der Waals surface area (Å²) in [7, 11) is 0. The summed E-state index contributed by atoms with van der Waals surface area (Å²) in [5.74, 6) is 0.00576. The highest BCUT2D eigenvalue weighted by Crippen LogP contribution is 2.49. The summed E-state index contributed by atoms with van der Waals surface area (Å²) >= 11 is 0. The van der Waals surface area contributed by atoms with Crippen LogP contribution < -0.4 is 11.3 Å². The highest BCUT2D eigenvalue weighted by molar-refractivity contribution is 5.75. The van der Waals surface area contributed by atoms with Crippen LogP contribution in [0.15, 0.2) is 71.8 Å². The number of benzene rings is 2. The Labute approximate surface area is 234 Å². The molecule has 1 aromatic heterocycles. The summed E-state index contributed by atoms with van der Waals surface area (Å²) in [5.41, 5.74) is 8.68. The lowest BCUT2D eigenvalue weighted by molar-refractivity contribution is 0.0214. The zero-order valence-electron chi connectivity index (χ0n) is 22.9. The summed E-state index contributed by atoms with van der Waals surface area (Å²) in [6.07, 6.45) is 8.31. The third kappa shape index (κ3) is 5.29. The van der Waals surface area contributed by atoms with Gasteiger partial charge < -0.3 is 15.5 Å². The first-order valence-electron chi connectivity index (χ1n) is 14.6. The van der Waals surface area contributed by atoms with Crippen molar-refractivity contribution in [1.82, 2.24) is 19.4 Å². The van der Waals surface area contributed by atoms with Gasteiger partial charge in [-0.25, -0.2) is 14.2 Å². The summed E-state index contributed by atoms with van der Waals surface area (Å²) in [6, 6.07) is 17.7. The van der Waals surface area contributed by atoms with Crippen LogP contribution in [0.3, 0.4) is 0 Å². The Morgan fingerprint density at radius 3 is 2.58 bits per heavy atom. The van der Waals surface area contributed by atoms with Crippen molar-refractivity contribution in [2.75, 3.05) is 19.6 Å². The molecular weight excluding hydrogens is 505 g/mol. The van der Waals surface area contributed by atoms with Crippen molar-refractivity contribution in [3.8, 4) is 11.3 Å². The number of aromatic nitrogens is 2. The molecule has 6 rings (SSSR count). The van der Waals surface area contributed by atoms with Crippen LogP contribution >= 0.6 is 0 Å². The fourth-order valence-electron chi connectivity index (χ4n) is 7.30. The summed E-state index contributed by atoms with van der Waals surface area (Å²) in [4.78, 5) is 35.6.